The number of ketones is 1. The van der Waals surface area contributed by atoms with Crippen molar-refractivity contribution in [2.45, 2.75) is 72.0 Å². The normalized spacial score (nSPS) is 24.2. The maximum atomic E-state index is 13.6. The van der Waals surface area contributed by atoms with Crippen molar-refractivity contribution in [3.05, 3.63) is 0 Å². The number of hydrogen-bond acceptors (Lipinski definition) is 2. The molecule has 0 radical (unpaired) electrons. The summed E-state index contributed by atoms with van der Waals surface area (Å²) in [7, 11) is 0. The molecule has 3 nitrogen and oxygen atoms in total. The monoisotopic (exact) mass is 285 g/mol. The lowest BCUT2D eigenvalue weighted by molar-refractivity contribution is -0.141. The smallest absolute Gasteiger partial charge is 0.226 e. The van der Waals surface area contributed by atoms with Gasteiger partial charge in [-0.2, -0.15) is 0 Å². The van der Waals surface area contributed by atoms with E-state index in [2.05, 4.69) is 13.8 Å². The van der Waals surface area contributed by atoms with Crippen molar-refractivity contribution in [3.63, 3.8) is 0 Å². The highest BCUT2D eigenvalue weighted by Crippen LogP contribution is 2.29. The van der Waals surface area contributed by atoms with E-state index in [-0.39, 0.29) is 30.6 Å². The van der Waals surface area contributed by atoms with Crippen LogP contribution in [0.3, 0.4) is 0 Å². The number of hydrogen-bond donors (Lipinski definition) is 0. The van der Waals surface area contributed by atoms with Gasteiger partial charge in [0.05, 0.1) is 12.6 Å². The number of nitrogens with zero attached hydrogens (tertiary/aromatic N) is 1. The van der Waals surface area contributed by atoms with Gasteiger partial charge in [0.1, 0.15) is 6.17 Å². The van der Waals surface area contributed by atoms with Gasteiger partial charge in [-0.25, -0.2) is 4.39 Å². The van der Waals surface area contributed by atoms with Gasteiger partial charge < -0.3 is 4.90 Å². The van der Waals surface area contributed by atoms with Crippen LogP contribution in [0, 0.1) is 11.8 Å². The van der Waals surface area contributed by atoms with E-state index < -0.39 is 12.2 Å². The van der Waals surface area contributed by atoms with Gasteiger partial charge in [-0.1, -0.05) is 33.6 Å². The molecule has 116 valence electrons. The van der Waals surface area contributed by atoms with Gasteiger partial charge in [-0.3, -0.25) is 9.59 Å². The van der Waals surface area contributed by atoms with Gasteiger partial charge in [0.2, 0.25) is 5.91 Å². The molecule has 20 heavy (non-hydrogen) atoms. The summed E-state index contributed by atoms with van der Waals surface area (Å²) in [6.45, 7) is 7.69. The minimum atomic E-state index is -1.06. The first-order valence-corrected chi connectivity index (χ1v) is 7.87. The Kier molecular flexibility index (Phi) is 6.63. The third kappa shape index (κ3) is 4.03. The predicted octanol–water partition coefficient (Wildman–Crippen LogP) is 3.37. The predicted molar refractivity (Wildman–Crippen MR) is 78.2 cm³/mol. The third-order valence-corrected chi connectivity index (χ3v) is 4.42. The standard InChI is InChI=1S/C16H28FNO2/c1-5-7-13(8-6-2)11(3)16(20)18-10-14(17)9-15(18)12(4)19/h11,13-15H,5-10H2,1-4H3/t11-,14+,15+/m1/s1. The summed E-state index contributed by atoms with van der Waals surface area (Å²) in [4.78, 5) is 25.7. The number of carbonyl (C=O) groups excluding carboxylic acids is 2. The quantitative estimate of drug-likeness (QED) is 0.719. The summed E-state index contributed by atoms with van der Waals surface area (Å²) in [5, 5.41) is 0. The van der Waals surface area contributed by atoms with Crippen LogP contribution in [0.5, 0.6) is 0 Å². The number of alkyl halides is 1. The molecule has 1 saturated heterocycles. The molecule has 0 aromatic heterocycles. The first-order chi connectivity index (χ1) is 9.42. The van der Waals surface area contributed by atoms with E-state index in [1.165, 1.54) is 11.8 Å². The highest BCUT2D eigenvalue weighted by atomic mass is 19.1. The molecule has 1 aliphatic heterocycles. The number of Topliss-reactive ketones (excluding diaryl/α,β-unsaturated/α-hetero) is 1. The molecule has 0 aromatic rings. The second kappa shape index (κ2) is 7.75. The maximum absolute atomic E-state index is 13.6. The minimum absolute atomic E-state index is 0.0442. The molecular weight excluding hydrogens is 257 g/mol. The average molecular weight is 285 g/mol. The fourth-order valence-electron chi connectivity index (χ4n) is 3.26. The van der Waals surface area contributed by atoms with Crippen LogP contribution in [-0.2, 0) is 9.59 Å². The second-order valence-corrected chi connectivity index (χ2v) is 6.08. The lowest BCUT2D eigenvalue weighted by atomic mass is 9.85. The fourth-order valence-corrected chi connectivity index (χ4v) is 3.26. The van der Waals surface area contributed by atoms with Crippen molar-refractivity contribution in [2.75, 3.05) is 6.54 Å². The zero-order chi connectivity index (χ0) is 15.3. The van der Waals surface area contributed by atoms with Gasteiger partial charge in [-0.15, -0.1) is 0 Å². The molecule has 0 saturated carbocycles. The molecule has 0 bridgehead atoms. The Morgan fingerprint density at radius 2 is 1.80 bits per heavy atom. The lowest BCUT2D eigenvalue weighted by Gasteiger charge is -2.30. The first kappa shape index (κ1) is 17.1. The Morgan fingerprint density at radius 3 is 2.25 bits per heavy atom. The van der Waals surface area contributed by atoms with Crippen LogP contribution in [0.25, 0.3) is 0 Å². The molecular formula is C16H28FNO2. The number of rotatable bonds is 7. The largest absolute Gasteiger partial charge is 0.329 e. The molecule has 3 atom stereocenters. The molecule has 1 heterocycles. The first-order valence-electron chi connectivity index (χ1n) is 7.87. The zero-order valence-corrected chi connectivity index (χ0v) is 13.2. The summed E-state index contributed by atoms with van der Waals surface area (Å²) in [5.74, 6) is 0.0660. The molecule has 0 unspecified atom stereocenters. The van der Waals surface area contributed by atoms with Crippen molar-refractivity contribution in [1.29, 1.82) is 0 Å². The summed E-state index contributed by atoms with van der Waals surface area (Å²) in [6.07, 6.45) is 3.22. The molecule has 1 rings (SSSR count). The van der Waals surface area contributed by atoms with E-state index in [0.29, 0.717) is 5.92 Å². The molecule has 0 spiro atoms. The third-order valence-electron chi connectivity index (χ3n) is 4.42. The second-order valence-electron chi connectivity index (χ2n) is 6.08. The number of carbonyl (C=O) groups is 2. The van der Waals surface area contributed by atoms with Crippen molar-refractivity contribution < 1.29 is 14.0 Å². The Bertz CT molecular complexity index is 339. The Hall–Kier alpha value is -0.930. The molecule has 1 amide bonds. The molecule has 1 fully saturated rings. The van der Waals surface area contributed by atoms with Crippen molar-refractivity contribution in [3.8, 4) is 0 Å². The summed E-state index contributed by atoms with van der Waals surface area (Å²) in [5.41, 5.74) is 0. The van der Waals surface area contributed by atoms with E-state index in [0.717, 1.165) is 25.7 Å². The number of likely N-dealkylation sites (tertiary alicyclic amines) is 1. The van der Waals surface area contributed by atoms with Crippen LogP contribution >= 0.6 is 0 Å². The van der Waals surface area contributed by atoms with Gasteiger partial charge in [0, 0.05) is 12.3 Å². The highest BCUT2D eigenvalue weighted by Gasteiger charge is 2.40. The van der Waals surface area contributed by atoms with E-state index in [1.54, 1.807) is 0 Å². The van der Waals surface area contributed by atoms with Gasteiger partial charge >= 0.3 is 0 Å². The van der Waals surface area contributed by atoms with Crippen LogP contribution in [-0.4, -0.2) is 35.3 Å². The summed E-state index contributed by atoms with van der Waals surface area (Å²) in [6, 6.07) is -0.552. The van der Waals surface area contributed by atoms with Crippen molar-refractivity contribution in [1.82, 2.24) is 4.90 Å². The zero-order valence-electron chi connectivity index (χ0n) is 13.2. The molecule has 1 aliphatic rings. The highest BCUT2D eigenvalue weighted by molar-refractivity contribution is 5.89. The van der Waals surface area contributed by atoms with E-state index in [1.807, 2.05) is 6.92 Å². The lowest BCUT2D eigenvalue weighted by Crippen LogP contribution is -2.44. The Morgan fingerprint density at radius 1 is 1.25 bits per heavy atom. The van der Waals surface area contributed by atoms with Crippen molar-refractivity contribution in [2.24, 2.45) is 11.8 Å². The number of halogens is 1. The van der Waals surface area contributed by atoms with Crippen LogP contribution in [0.4, 0.5) is 4.39 Å². The fraction of sp³-hybridized carbons (Fsp3) is 0.875. The molecule has 0 aliphatic carbocycles. The van der Waals surface area contributed by atoms with Crippen LogP contribution in [0.2, 0.25) is 0 Å². The Labute approximate surface area is 121 Å². The summed E-state index contributed by atoms with van der Waals surface area (Å²) < 4.78 is 13.6. The van der Waals surface area contributed by atoms with E-state index >= 15 is 0 Å². The van der Waals surface area contributed by atoms with Gasteiger partial charge in [-0.05, 0) is 25.7 Å². The number of amides is 1. The molecule has 0 N–H and O–H groups in total. The van der Waals surface area contributed by atoms with Crippen LogP contribution in [0.15, 0.2) is 0 Å². The molecule has 4 heteroatoms. The van der Waals surface area contributed by atoms with Crippen molar-refractivity contribution >= 4 is 11.7 Å². The maximum Gasteiger partial charge on any atom is 0.226 e. The van der Waals surface area contributed by atoms with Gasteiger partial charge in [0.25, 0.3) is 0 Å². The average Bonchev–Trinajstić information content (AvgIpc) is 2.79. The topological polar surface area (TPSA) is 37.4 Å². The van der Waals surface area contributed by atoms with Crippen LogP contribution in [0.1, 0.15) is 59.8 Å². The van der Waals surface area contributed by atoms with Crippen LogP contribution < -0.4 is 0 Å². The molecule has 0 aromatic carbocycles. The minimum Gasteiger partial charge on any atom is -0.329 e. The SMILES string of the molecule is CCCC(CCC)[C@@H](C)C(=O)N1C[C@@H](F)C[C@H]1C(C)=O. The van der Waals surface area contributed by atoms with E-state index in [9.17, 15) is 14.0 Å². The summed E-state index contributed by atoms with van der Waals surface area (Å²) >= 11 is 0. The Balaban J connectivity index is 2.78. The van der Waals surface area contributed by atoms with E-state index in [4.69, 9.17) is 0 Å². The van der Waals surface area contributed by atoms with Gasteiger partial charge in [0.15, 0.2) is 5.78 Å².